The molecule has 1 fully saturated rings. The average Bonchev–Trinajstić information content (AvgIpc) is 3.90. The number of amides is 1. The number of likely N-dealkylation sites (tertiary alicyclic amines) is 1. The smallest absolute Gasteiger partial charge is 0.335 e. The van der Waals surface area contributed by atoms with E-state index in [2.05, 4.69) is 25.7 Å². The standard InChI is InChI=1S/C33H28ClFN10O3/c1-20(46)42-13-10-25(11-14-42)44-19-28(39-41-44)32(45-18-24(17-38-45)21-2-4-22(5-3-21)33(47)48)27-8-6-23(16-36-27)30-29(43-15-12-37-40-43)9-7-26(34)31(30)35/h2-9,12,15-19,25,32H,10-11,13-14H2,1H3,(H,47,48). The molecule has 5 heterocycles. The number of halogens is 2. The molecule has 15 heteroatoms. The van der Waals surface area contributed by atoms with E-state index >= 15 is 4.39 Å². The quantitative estimate of drug-likeness (QED) is 0.234. The largest absolute Gasteiger partial charge is 0.478 e. The van der Waals surface area contributed by atoms with Crippen LogP contribution in [0, 0.1) is 5.82 Å². The first-order chi connectivity index (χ1) is 23.3. The van der Waals surface area contributed by atoms with Gasteiger partial charge in [-0.15, -0.1) is 10.2 Å². The summed E-state index contributed by atoms with van der Waals surface area (Å²) in [6, 6.07) is 12.6. The maximum atomic E-state index is 15.5. The van der Waals surface area contributed by atoms with E-state index in [1.165, 1.54) is 29.1 Å². The number of carboxylic acids is 1. The Balaban J connectivity index is 1.26. The molecule has 6 aromatic rings. The molecule has 0 aliphatic carbocycles. The van der Waals surface area contributed by atoms with Gasteiger partial charge in [-0.1, -0.05) is 40.2 Å². The maximum Gasteiger partial charge on any atom is 0.335 e. The molecule has 0 spiro atoms. The molecule has 1 atom stereocenters. The van der Waals surface area contributed by atoms with Gasteiger partial charge in [0.05, 0.1) is 52.8 Å². The molecule has 1 unspecified atom stereocenters. The topological polar surface area (TPSA) is 150 Å². The lowest BCUT2D eigenvalue weighted by atomic mass is 10.0. The molecule has 1 amide bonds. The Bertz CT molecular complexity index is 2090. The number of aromatic nitrogens is 9. The summed E-state index contributed by atoms with van der Waals surface area (Å²) in [6.45, 7) is 2.86. The fourth-order valence-corrected chi connectivity index (χ4v) is 6.11. The highest BCUT2D eigenvalue weighted by Gasteiger charge is 2.27. The van der Waals surface area contributed by atoms with Crippen LogP contribution in [-0.2, 0) is 4.79 Å². The zero-order valence-corrected chi connectivity index (χ0v) is 26.3. The predicted octanol–water partition coefficient (Wildman–Crippen LogP) is 5.10. The highest BCUT2D eigenvalue weighted by molar-refractivity contribution is 6.31. The highest BCUT2D eigenvalue weighted by Crippen LogP contribution is 2.35. The van der Waals surface area contributed by atoms with E-state index < -0.39 is 17.8 Å². The van der Waals surface area contributed by atoms with Crippen molar-refractivity contribution < 1.29 is 19.1 Å². The Morgan fingerprint density at radius 1 is 0.938 bits per heavy atom. The van der Waals surface area contributed by atoms with Gasteiger partial charge in [0.2, 0.25) is 5.91 Å². The monoisotopic (exact) mass is 666 g/mol. The van der Waals surface area contributed by atoms with Crippen LogP contribution in [0.1, 0.15) is 53.6 Å². The Kier molecular flexibility index (Phi) is 8.23. The molecule has 1 aliphatic rings. The van der Waals surface area contributed by atoms with E-state index in [9.17, 15) is 14.7 Å². The summed E-state index contributed by atoms with van der Waals surface area (Å²) in [5.41, 5.74) is 4.02. The lowest BCUT2D eigenvalue weighted by molar-refractivity contribution is -0.130. The van der Waals surface area contributed by atoms with E-state index in [0.717, 1.165) is 24.0 Å². The molecule has 1 saturated heterocycles. The van der Waals surface area contributed by atoms with Crippen molar-refractivity contribution >= 4 is 23.5 Å². The molecule has 0 radical (unpaired) electrons. The second kappa shape index (κ2) is 12.8. The molecule has 0 saturated carbocycles. The summed E-state index contributed by atoms with van der Waals surface area (Å²) in [5.74, 6) is -1.56. The van der Waals surface area contributed by atoms with Crippen molar-refractivity contribution in [3.8, 4) is 27.9 Å². The van der Waals surface area contributed by atoms with Gasteiger partial charge < -0.3 is 10.0 Å². The lowest BCUT2D eigenvalue weighted by Crippen LogP contribution is -2.37. The normalized spacial score (nSPS) is 14.3. The van der Waals surface area contributed by atoms with Crippen LogP contribution in [-0.4, -0.2) is 79.7 Å². The first-order valence-electron chi connectivity index (χ1n) is 15.1. The number of benzene rings is 2. The molecule has 13 nitrogen and oxygen atoms in total. The number of carbonyl (C=O) groups excluding carboxylic acids is 1. The van der Waals surface area contributed by atoms with Crippen molar-refractivity contribution in [1.82, 2.24) is 49.7 Å². The first kappa shape index (κ1) is 30.9. The van der Waals surface area contributed by atoms with Crippen LogP contribution < -0.4 is 0 Å². The van der Waals surface area contributed by atoms with Crippen molar-refractivity contribution in [1.29, 1.82) is 0 Å². The molecule has 2 aromatic carbocycles. The summed E-state index contributed by atoms with van der Waals surface area (Å²) in [4.78, 5) is 29.8. The van der Waals surface area contributed by atoms with Crippen LogP contribution in [0.4, 0.5) is 4.39 Å². The second-order valence-electron chi connectivity index (χ2n) is 11.4. The van der Waals surface area contributed by atoms with E-state index in [1.54, 1.807) is 60.5 Å². The van der Waals surface area contributed by atoms with Crippen LogP contribution in [0.25, 0.3) is 27.9 Å². The summed E-state index contributed by atoms with van der Waals surface area (Å²) < 4.78 is 20.5. The molecule has 7 rings (SSSR count). The number of nitrogens with zero attached hydrogens (tertiary/aromatic N) is 10. The Hall–Kier alpha value is -5.76. The minimum atomic E-state index is -1.01. The number of hydrogen-bond donors (Lipinski definition) is 1. The van der Waals surface area contributed by atoms with Crippen molar-refractivity contribution in [2.75, 3.05) is 13.1 Å². The summed E-state index contributed by atoms with van der Waals surface area (Å²) in [7, 11) is 0. The van der Waals surface area contributed by atoms with E-state index in [0.29, 0.717) is 35.7 Å². The van der Waals surface area contributed by atoms with Gasteiger partial charge >= 0.3 is 5.97 Å². The van der Waals surface area contributed by atoms with Gasteiger partial charge in [0.1, 0.15) is 11.7 Å². The number of carboxylic acid groups (broad SMARTS) is 1. The Morgan fingerprint density at radius 3 is 2.38 bits per heavy atom. The van der Waals surface area contributed by atoms with E-state index in [1.807, 2.05) is 22.0 Å². The number of rotatable bonds is 8. The van der Waals surface area contributed by atoms with Gasteiger partial charge in [0.15, 0.2) is 5.82 Å². The number of carbonyl (C=O) groups is 2. The van der Waals surface area contributed by atoms with Gasteiger partial charge in [-0.05, 0) is 48.7 Å². The first-order valence-corrected chi connectivity index (χ1v) is 15.5. The van der Waals surface area contributed by atoms with Crippen LogP contribution in [0.15, 0.2) is 85.7 Å². The fraction of sp³-hybridized carbons (Fsp3) is 0.212. The van der Waals surface area contributed by atoms with Gasteiger partial charge in [-0.25, -0.2) is 18.5 Å². The van der Waals surface area contributed by atoms with Crippen LogP contribution in [0.2, 0.25) is 5.02 Å². The van der Waals surface area contributed by atoms with Crippen LogP contribution >= 0.6 is 11.6 Å². The summed E-state index contributed by atoms with van der Waals surface area (Å²) in [6.07, 6.45) is 11.6. The average molecular weight is 667 g/mol. The lowest BCUT2D eigenvalue weighted by Gasteiger charge is -2.31. The highest BCUT2D eigenvalue weighted by atomic mass is 35.5. The van der Waals surface area contributed by atoms with Gasteiger partial charge in [0.25, 0.3) is 0 Å². The van der Waals surface area contributed by atoms with Crippen LogP contribution in [0.5, 0.6) is 0 Å². The van der Waals surface area contributed by atoms with E-state index in [4.69, 9.17) is 16.6 Å². The number of hydrogen-bond acceptors (Lipinski definition) is 8. The third-order valence-corrected chi connectivity index (χ3v) is 8.81. The summed E-state index contributed by atoms with van der Waals surface area (Å²) in [5, 5.41) is 30.8. The molecule has 1 N–H and O–H groups in total. The predicted molar refractivity (Wildman–Crippen MR) is 172 cm³/mol. The van der Waals surface area contributed by atoms with Gasteiger partial charge in [-0.3, -0.25) is 14.5 Å². The molecule has 4 aromatic heterocycles. The zero-order chi connectivity index (χ0) is 33.4. The summed E-state index contributed by atoms with van der Waals surface area (Å²) >= 11 is 6.19. The second-order valence-corrected chi connectivity index (χ2v) is 11.8. The number of piperidine rings is 1. The van der Waals surface area contributed by atoms with Gasteiger partial charge in [-0.2, -0.15) is 5.10 Å². The number of pyridine rings is 1. The molecule has 1 aliphatic heterocycles. The van der Waals surface area contributed by atoms with Crippen molar-refractivity contribution in [2.45, 2.75) is 31.8 Å². The maximum absolute atomic E-state index is 15.5. The van der Waals surface area contributed by atoms with E-state index in [-0.39, 0.29) is 28.1 Å². The minimum Gasteiger partial charge on any atom is -0.478 e. The molecule has 0 bridgehead atoms. The third kappa shape index (κ3) is 5.93. The molecule has 48 heavy (non-hydrogen) atoms. The Labute approximate surface area is 278 Å². The third-order valence-electron chi connectivity index (χ3n) is 8.52. The number of aromatic carboxylic acids is 1. The molecule has 242 valence electrons. The van der Waals surface area contributed by atoms with Crippen LogP contribution in [0.3, 0.4) is 0 Å². The van der Waals surface area contributed by atoms with Crippen molar-refractivity contribution in [3.05, 3.63) is 114 Å². The Morgan fingerprint density at radius 2 is 1.71 bits per heavy atom. The molecular weight excluding hydrogens is 639 g/mol. The molecular formula is C33H28ClFN10O3. The SMILES string of the molecule is CC(=O)N1CCC(n2cc(C(c3ccc(-c4c(-n5ccnn5)ccc(Cl)c4F)cn3)n3cc(-c4ccc(C(=O)O)cc4)cn3)nn2)CC1. The van der Waals surface area contributed by atoms with Crippen molar-refractivity contribution in [2.24, 2.45) is 0 Å². The van der Waals surface area contributed by atoms with Gasteiger partial charge in [0, 0.05) is 49.1 Å². The van der Waals surface area contributed by atoms with Crippen molar-refractivity contribution in [3.63, 3.8) is 0 Å². The minimum absolute atomic E-state index is 0.0398. The zero-order valence-electron chi connectivity index (χ0n) is 25.6. The fourth-order valence-electron chi connectivity index (χ4n) is 5.95.